The highest BCUT2D eigenvalue weighted by Gasteiger charge is 2.08. The number of carbonyl (C=O) groups excluding carboxylic acids is 1. The molecule has 0 bridgehead atoms. The molecule has 0 heterocycles. The van der Waals surface area contributed by atoms with Crippen LogP contribution in [-0.4, -0.2) is 26.1 Å². The zero-order chi connectivity index (χ0) is 16.7. The number of ether oxygens (including phenoxy) is 1. The van der Waals surface area contributed by atoms with Gasteiger partial charge in [-0.25, -0.2) is 4.39 Å². The van der Waals surface area contributed by atoms with E-state index in [1.165, 1.54) is 13.2 Å². The molecule has 0 aliphatic carbocycles. The molecule has 0 aliphatic rings. The molecule has 0 saturated carbocycles. The second-order valence-electron chi connectivity index (χ2n) is 4.91. The Balaban J connectivity index is 1.80. The fourth-order valence-corrected chi connectivity index (χ4v) is 2.27. The van der Waals surface area contributed by atoms with Crippen LogP contribution < -0.4 is 15.4 Å². The van der Waals surface area contributed by atoms with Crippen molar-refractivity contribution in [3.05, 3.63) is 58.9 Å². The summed E-state index contributed by atoms with van der Waals surface area (Å²) in [6, 6.07) is 11.6. The van der Waals surface area contributed by atoms with Gasteiger partial charge in [-0.3, -0.25) is 4.79 Å². The molecule has 23 heavy (non-hydrogen) atoms. The predicted octanol–water partition coefficient (Wildman–Crippen LogP) is 3.26. The summed E-state index contributed by atoms with van der Waals surface area (Å²) in [4.78, 5) is 11.9. The minimum atomic E-state index is -0.234. The first kappa shape index (κ1) is 17.2. The molecule has 0 spiro atoms. The molecule has 2 rings (SSSR count). The fourth-order valence-electron chi connectivity index (χ4n) is 2.10. The topological polar surface area (TPSA) is 50.4 Å². The van der Waals surface area contributed by atoms with E-state index in [-0.39, 0.29) is 18.3 Å². The number of benzene rings is 2. The Morgan fingerprint density at radius 1 is 1.26 bits per heavy atom. The predicted molar refractivity (Wildman–Crippen MR) is 89.6 cm³/mol. The van der Waals surface area contributed by atoms with E-state index in [2.05, 4.69) is 10.6 Å². The van der Waals surface area contributed by atoms with Crippen LogP contribution in [0.15, 0.2) is 42.5 Å². The Bertz CT molecular complexity index is 679. The van der Waals surface area contributed by atoms with Crippen molar-refractivity contribution >= 4 is 23.2 Å². The van der Waals surface area contributed by atoms with Gasteiger partial charge in [0.25, 0.3) is 0 Å². The Labute approximate surface area is 139 Å². The first-order chi connectivity index (χ1) is 11.1. The number of hydrogen-bond donors (Lipinski definition) is 2. The zero-order valence-electron chi connectivity index (χ0n) is 12.7. The van der Waals surface area contributed by atoms with E-state index in [1.54, 1.807) is 36.4 Å². The monoisotopic (exact) mass is 336 g/mol. The van der Waals surface area contributed by atoms with E-state index in [0.717, 1.165) is 0 Å². The standard InChI is InChI=1S/C17H18ClFN2O2/c1-23-16-7-6-13(18)10-15(16)21-17(22)11-20-9-8-12-4-2-3-5-14(12)19/h2-7,10,20H,8-9,11H2,1H3,(H,21,22). The van der Waals surface area contributed by atoms with E-state index in [9.17, 15) is 9.18 Å². The summed E-state index contributed by atoms with van der Waals surface area (Å²) in [5.41, 5.74) is 1.14. The van der Waals surface area contributed by atoms with Crippen molar-refractivity contribution in [2.45, 2.75) is 6.42 Å². The molecule has 4 nitrogen and oxygen atoms in total. The Kier molecular flexibility index (Phi) is 6.38. The highest BCUT2D eigenvalue weighted by Crippen LogP contribution is 2.27. The summed E-state index contributed by atoms with van der Waals surface area (Å²) in [6.45, 7) is 0.616. The zero-order valence-corrected chi connectivity index (χ0v) is 13.5. The maximum atomic E-state index is 13.5. The van der Waals surface area contributed by atoms with Crippen LogP contribution in [0.4, 0.5) is 10.1 Å². The van der Waals surface area contributed by atoms with Crippen LogP contribution in [0.3, 0.4) is 0 Å². The molecule has 6 heteroatoms. The summed E-state index contributed by atoms with van der Waals surface area (Å²) in [5, 5.41) is 6.22. The van der Waals surface area contributed by atoms with Crippen LogP contribution in [0.2, 0.25) is 5.02 Å². The molecule has 0 atom stereocenters. The number of halogens is 2. The van der Waals surface area contributed by atoms with Crippen LogP contribution in [0, 0.1) is 5.82 Å². The van der Waals surface area contributed by atoms with Gasteiger partial charge in [-0.15, -0.1) is 0 Å². The highest BCUT2D eigenvalue weighted by atomic mass is 35.5. The highest BCUT2D eigenvalue weighted by molar-refractivity contribution is 6.31. The lowest BCUT2D eigenvalue weighted by molar-refractivity contribution is -0.115. The van der Waals surface area contributed by atoms with Gasteiger partial charge in [0.2, 0.25) is 5.91 Å². The molecule has 0 fully saturated rings. The van der Waals surface area contributed by atoms with E-state index in [0.29, 0.717) is 35.0 Å². The Morgan fingerprint density at radius 3 is 2.78 bits per heavy atom. The smallest absolute Gasteiger partial charge is 0.238 e. The van der Waals surface area contributed by atoms with Crippen molar-refractivity contribution in [2.24, 2.45) is 0 Å². The molecule has 2 aromatic carbocycles. The lowest BCUT2D eigenvalue weighted by Gasteiger charge is -2.11. The lowest BCUT2D eigenvalue weighted by Crippen LogP contribution is -2.29. The summed E-state index contributed by atoms with van der Waals surface area (Å²) in [5.74, 6) is 0.0793. The average Bonchev–Trinajstić information content (AvgIpc) is 2.53. The van der Waals surface area contributed by atoms with Gasteiger partial charge in [-0.05, 0) is 42.8 Å². The van der Waals surface area contributed by atoms with Gasteiger partial charge in [0.1, 0.15) is 11.6 Å². The molecule has 0 saturated heterocycles. The van der Waals surface area contributed by atoms with E-state index >= 15 is 0 Å². The number of nitrogens with one attached hydrogen (secondary N) is 2. The van der Waals surface area contributed by atoms with Crippen LogP contribution in [0.5, 0.6) is 5.75 Å². The molecular weight excluding hydrogens is 319 g/mol. The van der Waals surface area contributed by atoms with E-state index < -0.39 is 0 Å². The summed E-state index contributed by atoms with van der Waals surface area (Å²) >= 11 is 5.91. The molecule has 1 amide bonds. The largest absolute Gasteiger partial charge is 0.495 e. The number of anilines is 1. The molecule has 122 valence electrons. The Hall–Kier alpha value is -2.11. The van der Waals surface area contributed by atoms with E-state index in [1.807, 2.05) is 0 Å². The van der Waals surface area contributed by atoms with Crippen molar-refractivity contribution in [2.75, 3.05) is 25.5 Å². The molecule has 0 radical (unpaired) electrons. The summed E-state index contributed by atoms with van der Waals surface area (Å²) in [6.07, 6.45) is 0.514. The third kappa shape index (κ3) is 5.23. The second kappa shape index (κ2) is 8.50. The van der Waals surface area contributed by atoms with Crippen LogP contribution >= 0.6 is 11.6 Å². The minimum absolute atomic E-state index is 0.115. The van der Waals surface area contributed by atoms with Gasteiger partial charge in [0.05, 0.1) is 19.3 Å². The lowest BCUT2D eigenvalue weighted by atomic mass is 10.1. The Morgan fingerprint density at radius 2 is 2.04 bits per heavy atom. The molecular formula is C17H18ClFN2O2. The quantitative estimate of drug-likeness (QED) is 0.763. The minimum Gasteiger partial charge on any atom is -0.495 e. The van der Waals surface area contributed by atoms with Crippen molar-refractivity contribution in [1.29, 1.82) is 0 Å². The first-order valence-corrected chi connectivity index (χ1v) is 7.55. The van der Waals surface area contributed by atoms with Crippen LogP contribution in [-0.2, 0) is 11.2 Å². The third-order valence-electron chi connectivity index (χ3n) is 3.25. The number of methoxy groups -OCH3 is 1. The maximum Gasteiger partial charge on any atom is 0.238 e. The summed E-state index contributed by atoms with van der Waals surface area (Å²) < 4.78 is 18.6. The average molecular weight is 337 g/mol. The third-order valence-corrected chi connectivity index (χ3v) is 3.49. The molecule has 2 N–H and O–H groups in total. The van der Waals surface area contributed by atoms with E-state index in [4.69, 9.17) is 16.3 Å². The summed E-state index contributed by atoms with van der Waals surface area (Å²) in [7, 11) is 1.52. The van der Waals surface area contributed by atoms with Crippen molar-refractivity contribution in [3.8, 4) is 5.75 Å². The molecule has 0 aliphatic heterocycles. The number of carbonyl (C=O) groups is 1. The van der Waals surface area contributed by atoms with Crippen LogP contribution in [0.1, 0.15) is 5.56 Å². The van der Waals surface area contributed by atoms with Gasteiger partial charge in [-0.1, -0.05) is 29.8 Å². The van der Waals surface area contributed by atoms with Crippen molar-refractivity contribution in [1.82, 2.24) is 5.32 Å². The van der Waals surface area contributed by atoms with Gasteiger partial charge in [0.15, 0.2) is 0 Å². The fraction of sp³-hybridized carbons (Fsp3) is 0.235. The van der Waals surface area contributed by atoms with Gasteiger partial charge in [-0.2, -0.15) is 0 Å². The van der Waals surface area contributed by atoms with Crippen LogP contribution in [0.25, 0.3) is 0 Å². The first-order valence-electron chi connectivity index (χ1n) is 7.17. The molecule has 0 aromatic heterocycles. The van der Waals surface area contributed by atoms with Crippen molar-refractivity contribution < 1.29 is 13.9 Å². The molecule has 0 unspecified atom stereocenters. The van der Waals surface area contributed by atoms with Crippen molar-refractivity contribution in [3.63, 3.8) is 0 Å². The number of hydrogen-bond acceptors (Lipinski definition) is 3. The number of amides is 1. The van der Waals surface area contributed by atoms with Gasteiger partial charge >= 0.3 is 0 Å². The molecule has 2 aromatic rings. The van der Waals surface area contributed by atoms with Gasteiger partial charge in [0, 0.05) is 5.02 Å². The maximum absolute atomic E-state index is 13.5. The van der Waals surface area contributed by atoms with Gasteiger partial charge < -0.3 is 15.4 Å². The number of rotatable bonds is 7. The second-order valence-corrected chi connectivity index (χ2v) is 5.35. The SMILES string of the molecule is COc1ccc(Cl)cc1NC(=O)CNCCc1ccccc1F. The normalized spacial score (nSPS) is 10.4.